The van der Waals surface area contributed by atoms with Crippen molar-refractivity contribution < 1.29 is 9.59 Å². The van der Waals surface area contributed by atoms with Crippen molar-refractivity contribution in [2.45, 2.75) is 16.2 Å². The Hall–Kier alpha value is -1.00. The zero-order chi connectivity index (χ0) is 11.7. The van der Waals surface area contributed by atoms with Gasteiger partial charge in [-0.25, -0.2) is 0 Å². The van der Waals surface area contributed by atoms with Gasteiger partial charge in [0.2, 0.25) is 11.8 Å². The lowest BCUT2D eigenvalue weighted by Crippen LogP contribution is -2.22. The van der Waals surface area contributed by atoms with Gasteiger partial charge in [0, 0.05) is 4.90 Å². The monoisotopic (exact) mass is 255 g/mol. The summed E-state index contributed by atoms with van der Waals surface area (Å²) in [6, 6.07) is 7.52. The molecule has 3 nitrogen and oxygen atoms in total. The molecular weight excluding hydrogens is 246 g/mol. The molecule has 1 heterocycles. The molecule has 2 atom stereocenters. The summed E-state index contributed by atoms with van der Waals surface area (Å²) in [6.45, 7) is 0. The van der Waals surface area contributed by atoms with Crippen molar-refractivity contribution in [3.05, 3.63) is 29.8 Å². The maximum Gasteiger partial charge on any atom is 0.245 e. The molecule has 1 aromatic rings. The van der Waals surface area contributed by atoms with Crippen LogP contribution in [-0.4, -0.2) is 23.4 Å². The van der Waals surface area contributed by atoms with E-state index in [0.29, 0.717) is 0 Å². The van der Waals surface area contributed by atoms with Gasteiger partial charge in [0.05, 0.1) is 5.92 Å². The van der Waals surface area contributed by atoms with Crippen LogP contribution in [-0.2, 0) is 9.59 Å². The number of hydrogen-bond donors (Lipinski definition) is 1. The first-order valence-electron chi connectivity index (χ1n) is 4.76. The Morgan fingerprint density at radius 2 is 2.06 bits per heavy atom. The van der Waals surface area contributed by atoms with Crippen LogP contribution in [0.3, 0.4) is 0 Å². The van der Waals surface area contributed by atoms with Crippen molar-refractivity contribution in [3.8, 4) is 0 Å². The molecule has 0 saturated carbocycles. The predicted octanol–water partition coefficient (Wildman–Crippen LogP) is 1.76. The number of carbonyl (C=O) groups excluding carboxylic acids is 2. The van der Waals surface area contributed by atoms with Gasteiger partial charge < -0.3 is 0 Å². The summed E-state index contributed by atoms with van der Waals surface area (Å²) in [6.07, 6.45) is 1.96. The summed E-state index contributed by atoms with van der Waals surface area (Å²) >= 11 is 7.50. The van der Waals surface area contributed by atoms with Crippen LogP contribution in [0.15, 0.2) is 29.2 Å². The highest BCUT2D eigenvalue weighted by molar-refractivity contribution is 7.98. The number of benzene rings is 1. The number of hydrogen-bond acceptors (Lipinski definition) is 3. The summed E-state index contributed by atoms with van der Waals surface area (Å²) in [7, 11) is 0. The van der Waals surface area contributed by atoms with Crippen LogP contribution in [0.5, 0.6) is 0 Å². The standard InChI is InChI=1S/C11H10ClNO2S/c1-16-7-4-2-3-6(5-7)8-9(12)11(15)13-10(8)14/h2-5,8-9H,1H3,(H,13,14,15). The number of rotatable bonds is 2. The van der Waals surface area contributed by atoms with Crippen molar-refractivity contribution in [2.75, 3.05) is 6.26 Å². The van der Waals surface area contributed by atoms with Gasteiger partial charge in [0.25, 0.3) is 0 Å². The number of nitrogens with one attached hydrogen (secondary N) is 1. The molecule has 0 spiro atoms. The van der Waals surface area contributed by atoms with Crippen molar-refractivity contribution in [1.82, 2.24) is 5.32 Å². The van der Waals surface area contributed by atoms with Gasteiger partial charge in [0.15, 0.2) is 0 Å². The maximum absolute atomic E-state index is 11.6. The van der Waals surface area contributed by atoms with E-state index < -0.39 is 17.2 Å². The van der Waals surface area contributed by atoms with E-state index in [4.69, 9.17) is 11.6 Å². The number of amides is 2. The minimum Gasteiger partial charge on any atom is -0.295 e. The zero-order valence-electron chi connectivity index (χ0n) is 8.57. The molecule has 84 valence electrons. The van der Waals surface area contributed by atoms with Gasteiger partial charge in [-0.05, 0) is 24.0 Å². The number of halogens is 1. The molecule has 2 unspecified atom stereocenters. The predicted molar refractivity (Wildman–Crippen MR) is 63.8 cm³/mol. The van der Waals surface area contributed by atoms with Crippen LogP contribution >= 0.6 is 23.4 Å². The lowest BCUT2D eigenvalue weighted by molar-refractivity contribution is -0.125. The molecule has 1 N–H and O–H groups in total. The van der Waals surface area contributed by atoms with E-state index in [2.05, 4.69) is 5.32 Å². The molecule has 1 aliphatic rings. The number of alkyl halides is 1. The van der Waals surface area contributed by atoms with Gasteiger partial charge in [-0.3, -0.25) is 14.9 Å². The molecule has 0 radical (unpaired) electrons. The van der Waals surface area contributed by atoms with E-state index >= 15 is 0 Å². The second kappa shape index (κ2) is 4.47. The Morgan fingerprint density at radius 3 is 2.62 bits per heavy atom. The van der Waals surface area contributed by atoms with Crippen molar-refractivity contribution in [3.63, 3.8) is 0 Å². The van der Waals surface area contributed by atoms with E-state index in [1.807, 2.05) is 30.5 Å². The summed E-state index contributed by atoms with van der Waals surface area (Å²) < 4.78 is 0. The third-order valence-corrected chi connectivity index (χ3v) is 3.70. The van der Waals surface area contributed by atoms with Crippen LogP contribution in [0.4, 0.5) is 0 Å². The second-order valence-corrected chi connectivity index (χ2v) is 4.86. The molecule has 0 bridgehead atoms. The lowest BCUT2D eigenvalue weighted by atomic mass is 9.97. The topological polar surface area (TPSA) is 46.2 Å². The van der Waals surface area contributed by atoms with E-state index in [9.17, 15) is 9.59 Å². The molecule has 1 fully saturated rings. The van der Waals surface area contributed by atoms with Crippen LogP contribution in [0.2, 0.25) is 0 Å². The average Bonchev–Trinajstić information content (AvgIpc) is 2.53. The van der Waals surface area contributed by atoms with Crippen molar-refractivity contribution >= 4 is 35.2 Å². The molecule has 1 saturated heterocycles. The van der Waals surface area contributed by atoms with Gasteiger partial charge in [-0.1, -0.05) is 12.1 Å². The Kier molecular flexibility index (Phi) is 3.21. The molecule has 1 aromatic carbocycles. The largest absolute Gasteiger partial charge is 0.295 e. The Labute approximate surface area is 103 Å². The van der Waals surface area contributed by atoms with E-state index in [1.54, 1.807) is 11.8 Å². The third kappa shape index (κ3) is 1.95. The minimum absolute atomic E-state index is 0.316. The van der Waals surface area contributed by atoms with Gasteiger partial charge >= 0.3 is 0 Å². The van der Waals surface area contributed by atoms with Crippen LogP contribution in [0, 0.1) is 0 Å². The quantitative estimate of drug-likeness (QED) is 0.498. The fourth-order valence-corrected chi connectivity index (χ4v) is 2.49. The number of thioether (sulfide) groups is 1. The molecule has 2 rings (SSSR count). The summed E-state index contributed by atoms with van der Waals surface area (Å²) in [5.74, 6) is -1.30. The molecule has 1 aliphatic heterocycles. The first-order valence-corrected chi connectivity index (χ1v) is 6.42. The normalized spacial score (nSPS) is 24.6. The van der Waals surface area contributed by atoms with Gasteiger partial charge in [0.1, 0.15) is 5.38 Å². The van der Waals surface area contributed by atoms with E-state index in [-0.39, 0.29) is 5.91 Å². The van der Waals surface area contributed by atoms with E-state index in [1.165, 1.54) is 0 Å². The molecule has 5 heteroatoms. The van der Waals surface area contributed by atoms with Crippen LogP contribution in [0.1, 0.15) is 11.5 Å². The average molecular weight is 256 g/mol. The van der Waals surface area contributed by atoms with E-state index in [0.717, 1.165) is 10.5 Å². The SMILES string of the molecule is CSc1cccc(C2C(=O)NC(=O)C2Cl)c1. The van der Waals surface area contributed by atoms with Gasteiger partial charge in [-0.15, -0.1) is 23.4 Å². The van der Waals surface area contributed by atoms with Crippen molar-refractivity contribution in [1.29, 1.82) is 0 Å². The Balaban J connectivity index is 2.36. The highest BCUT2D eigenvalue weighted by atomic mass is 35.5. The summed E-state index contributed by atoms with van der Waals surface area (Å²) in [4.78, 5) is 23.9. The van der Waals surface area contributed by atoms with Gasteiger partial charge in [-0.2, -0.15) is 0 Å². The highest BCUT2D eigenvalue weighted by Gasteiger charge is 2.41. The molecule has 16 heavy (non-hydrogen) atoms. The fourth-order valence-electron chi connectivity index (χ4n) is 1.71. The fraction of sp³-hybridized carbons (Fsp3) is 0.273. The van der Waals surface area contributed by atoms with Crippen LogP contribution in [0.25, 0.3) is 0 Å². The number of imide groups is 1. The summed E-state index contributed by atoms with van der Waals surface area (Å²) in [5.41, 5.74) is 0.787. The smallest absolute Gasteiger partial charge is 0.245 e. The molecular formula is C11H10ClNO2S. The lowest BCUT2D eigenvalue weighted by Gasteiger charge is -2.10. The second-order valence-electron chi connectivity index (χ2n) is 3.51. The molecule has 2 amide bonds. The first-order chi connectivity index (χ1) is 7.63. The Morgan fingerprint density at radius 1 is 1.31 bits per heavy atom. The first kappa shape index (κ1) is 11.5. The Bertz CT molecular complexity index is 449. The third-order valence-electron chi connectivity index (χ3n) is 2.52. The number of carbonyl (C=O) groups is 2. The summed E-state index contributed by atoms with van der Waals surface area (Å²) in [5, 5.41) is 1.43. The minimum atomic E-state index is -0.801. The zero-order valence-corrected chi connectivity index (χ0v) is 10.1. The molecule has 0 aliphatic carbocycles. The maximum atomic E-state index is 11.6. The highest BCUT2D eigenvalue weighted by Crippen LogP contribution is 2.30. The molecule has 0 aromatic heterocycles. The van der Waals surface area contributed by atoms with Crippen molar-refractivity contribution in [2.24, 2.45) is 0 Å². The van der Waals surface area contributed by atoms with Crippen LogP contribution < -0.4 is 5.32 Å².